The maximum Gasteiger partial charge on any atom is 0.224 e. The van der Waals surface area contributed by atoms with Crippen molar-refractivity contribution in [2.75, 3.05) is 52.6 Å². The lowest BCUT2D eigenvalue weighted by atomic mass is 10.1. The van der Waals surface area contributed by atoms with Gasteiger partial charge in [-0.25, -0.2) is 0 Å². The molecule has 0 heterocycles. The van der Waals surface area contributed by atoms with Gasteiger partial charge in [0.05, 0.1) is 26.4 Å². The van der Waals surface area contributed by atoms with Gasteiger partial charge in [-0.15, -0.1) is 0 Å². The van der Waals surface area contributed by atoms with E-state index in [-0.39, 0.29) is 64.2 Å². The van der Waals surface area contributed by atoms with Crippen molar-refractivity contribution in [3.63, 3.8) is 0 Å². The fourth-order valence-electron chi connectivity index (χ4n) is 3.50. The van der Waals surface area contributed by atoms with Crippen molar-refractivity contribution in [2.24, 2.45) is 0 Å². The number of hydrogen-bond donors (Lipinski definition) is 6. The van der Waals surface area contributed by atoms with Gasteiger partial charge in [0.1, 0.15) is 0 Å². The third-order valence-corrected chi connectivity index (χ3v) is 5.57. The number of rotatable bonds is 24. The molecule has 0 rings (SSSR count). The van der Waals surface area contributed by atoms with Crippen LogP contribution in [0.15, 0.2) is 12.3 Å². The second kappa shape index (κ2) is 31.5. The van der Waals surface area contributed by atoms with Crippen LogP contribution in [0.3, 0.4) is 0 Å². The number of carbonyl (C=O) groups is 2. The first-order valence-electron chi connectivity index (χ1n) is 13.9. The van der Waals surface area contributed by atoms with Crippen LogP contribution in [0.1, 0.15) is 96.8 Å². The summed E-state index contributed by atoms with van der Waals surface area (Å²) >= 11 is 0. The molecule has 214 valence electrons. The lowest BCUT2D eigenvalue weighted by molar-refractivity contribution is -0.134. The first kappa shape index (κ1) is 36.6. The number of aliphatic hydroxyl groups is 4. The maximum atomic E-state index is 11.9. The highest BCUT2D eigenvalue weighted by Crippen LogP contribution is 2.12. The van der Waals surface area contributed by atoms with Crippen LogP contribution in [0.4, 0.5) is 0 Å². The van der Waals surface area contributed by atoms with E-state index in [1.54, 1.807) is 6.20 Å². The lowest BCUT2D eigenvalue weighted by Crippen LogP contribution is -2.36. The molecule has 0 bridgehead atoms. The molecular formula is C27H55N3O6. The van der Waals surface area contributed by atoms with Gasteiger partial charge in [0.25, 0.3) is 0 Å². The highest BCUT2D eigenvalue weighted by Gasteiger charge is 2.13. The number of unbranched alkanes of at least 4 members (excludes halogenated alkanes) is 11. The van der Waals surface area contributed by atoms with Crippen molar-refractivity contribution in [3.05, 3.63) is 12.3 Å². The highest BCUT2D eigenvalue weighted by molar-refractivity contribution is 5.84. The molecular weight excluding hydrogens is 462 g/mol. The van der Waals surface area contributed by atoms with E-state index in [1.807, 2.05) is 6.08 Å². The molecule has 6 N–H and O–H groups in total. The molecule has 0 aliphatic rings. The third kappa shape index (κ3) is 28.7. The molecule has 9 nitrogen and oxygen atoms in total. The van der Waals surface area contributed by atoms with Crippen LogP contribution < -0.4 is 10.6 Å². The van der Waals surface area contributed by atoms with Crippen LogP contribution >= 0.6 is 0 Å². The number of amides is 2. The zero-order chi connectivity index (χ0) is 27.1. The van der Waals surface area contributed by atoms with Crippen LogP contribution in [0.5, 0.6) is 0 Å². The van der Waals surface area contributed by atoms with E-state index in [9.17, 15) is 9.59 Å². The molecule has 0 aliphatic carbocycles. The Bertz CT molecular complexity index is 496. The van der Waals surface area contributed by atoms with Gasteiger partial charge in [0, 0.05) is 39.0 Å². The van der Waals surface area contributed by atoms with Crippen LogP contribution in [-0.4, -0.2) is 89.7 Å². The molecule has 0 spiro atoms. The predicted octanol–water partition coefficient (Wildman–Crippen LogP) is 2.47. The standard InChI is InChI=1S/C23H44N2O4.C4H11NO2/c1-2-3-4-5-6-7-8-9-10-11-12-13-14-17-24-22(28)15-16-23(29)25(18-20-26)19-21-27;6-3-1-5-2-4-7/h14,17,26-27H,2-13,15-16,18-21H2,1H3,(H,24,28);5-7H,1-4H2. The fraction of sp³-hybridized carbons (Fsp3) is 0.852. The first-order chi connectivity index (χ1) is 17.6. The molecule has 0 aromatic rings. The Morgan fingerprint density at radius 1 is 0.694 bits per heavy atom. The summed E-state index contributed by atoms with van der Waals surface area (Å²) in [6, 6.07) is 0. The van der Waals surface area contributed by atoms with Gasteiger partial charge in [-0.1, -0.05) is 77.2 Å². The molecule has 0 aromatic carbocycles. The van der Waals surface area contributed by atoms with Gasteiger partial charge in [0.2, 0.25) is 11.8 Å². The van der Waals surface area contributed by atoms with Crippen molar-refractivity contribution in [1.29, 1.82) is 0 Å². The minimum Gasteiger partial charge on any atom is -0.395 e. The lowest BCUT2D eigenvalue weighted by Gasteiger charge is -2.20. The van der Waals surface area contributed by atoms with Crippen molar-refractivity contribution in [2.45, 2.75) is 96.8 Å². The van der Waals surface area contributed by atoms with E-state index in [2.05, 4.69) is 17.6 Å². The maximum absolute atomic E-state index is 11.9. The van der Waals surface area contributed by atoms with Gasteiger partial charge >= 0.3 is 0 Å². The topological polar surface area (TPSA) is 142 Å². The fourth-order valence-corrected chi connectivity index (χ4v) is 3.50. The number of carbonyl (C=O) groups excluding carboxylic acids is 2. The zero-order valence-corrected chi connectivity index (χ0v) is 22.8. The Morgan fingerprint density at radius 3 is 1.67 bits per heavy atom. The molecule has 0 unspecified atom stereocenters. The van der Waals surface area contributed by atoms with E-state index in [4.69, 9.17) is 20.4 Å². The van der Waals surface area contributed by atoms with Crippen LogP contribution in [0, 0.1) is 0 Å². The van der Waals surface area contributed by atoms with Crippen molar-refractivity contribution < 1.29 is 30.0 Å². The van der Waals surface area contributed by atoms with Crippen LogP contribution in [0.2, 0.25) is 0 Å². The minimum atomic E-state index is -0.229. The Labute approximate surface area is 219 Å². The van der Waals surface area contributed by atoms with Gasteiger partial charge in [-0.2, -0.15) is 0 Å². The Hall–Kier alpha value is -1.52. The Balaban J connectivity index is 0. The van der Waals surface area contributed by atoms with E-state index in [0.717, 1.165) is 12.8 Å². The number of hydrogen-bond acceptors (Lipinski definition) is 7. The van der Waals surface area contributed by atoms with Crippen molar-refractivity contribution in [1.82, 2.24) is 15.5 Å². The van der Waals surface area contributed by atoms with Crippen LogP contribution in [0.25, 0.3) is 0 Å². The smallest absolute Gasteiger partial charge is 0.224 e. The predicted molar refractivity (Wildman–Crippen MR) is 145 cm³/mol. The summed E-state index contributed by atoms with van der Waals surface area (Å²) in [4.78, 5) is 25.1. The van der Waals surface area contributed by atoms with E-state index in [0.29, 0.717) is 13.1 Å². The van der Waals surface area contributed by atoms with Gasteiger partial charge in [0.15, 0.2) is 0 Å². The highest BCUT2D eigenvalue weighted by atomic mass is 16.3. The molecule has 0 fully saturated rings. The quantitative estimate of drug-likeness (QED) is 0.108. The molecule has 0 atom stereocenters. The van der Waals surface area contributed by atoms with Crippen molar-refractivity contribution >= 4 is 11.8 Å². The SMILES string of the molecule is CCCCCCCCCCCCCC=CNC(=O)CCC(=O)N(CCO)CCO.OCCNCCO. The molecule has 0 radical (unpaired) electrons. The van der Waals surface area contributed by atoms with Gasteiger partial charge < -0.3 is 36.0 Å². The number of nitrogens with zero attached hydrogens (tertiary/aromatic N) is 1. The van der Waals surface area contributed by atoms with Gasteiger partial charge in [-0.05, 0) is 19.0 Å². The Kier molecular flexibility index (Phi) is 32.1. The molecule has 36 heavy (non-hydrogen) atoms. The van der Waals surface area contributed by atoms with E-state index >= 15 is 0 Å². The first-order valence-corrected chi connectivity index (χ1v) is 13.9. The minimum absolute atomic E-state index is 0.0816. The van der Waals surface area contributed by atoms with E-state index in [1.165, 1.54) is 69.1 Å². The summed E-state index contributed by atoms with van der Waals surface area (Å²) in [5, 5.41) is 39.6. The summed E-state index contributed by atoms with van der Waals surface area (Å²) in [6.07, 6.45) is 19.3. The summed E-state index contributed by atoms with van der Waals surface area (Å²) < 4.78 is 0. The summed E-state index contributed by atoms with van der Waals surface area (Å²) in [6.45, 7) is 3.72. The average molecular weight is 518 g/mol. The average Bonchev–Trinajstić information content (AvgIpc) is 2.88. The second-order valence-electron chi connectivity index (χ2n) is 8.82. The molecule has 9 heteroatoms. The molecule has 0 saturated carbocycles. The number of aliphatic hydroxyl groups excluding tert-OH is 4. The monoisotopic (exact) mass is 517 g/mol. The van der Waals surface area contributed by atoms with Crippen LogP contribution in [-0.2, 0) is 9.59 Å². The summed E-state index contributed by atoms with van der Waals surface area (Å²) in [5.74, 6) is -0.422. The summed E-state index contributed by atoms with van der Waals surface area (Å²) in [7, 11) is 0. The number of nitrogens with one attached hydrogen (secondary N) is 2. The molecule has 0 aromatic heterocycles. The van der Waals surface area contributed by atoms with E-state index < -0.39 is 0 Å². The molecule has 0 saturated heterocycles. The number of allylic oxidation sites excluding steroid dienone is 1. The largest absolute Gasteiger partial charge is 0.395 e. The zero-order valence-electron chi connectivity index (χ0n) is 22.8. The normalized spacial score (nSPS) is 10.8. The molecule has 2 amide bonds. The molecule has 0 aliphatic heterocycles. The summed E-state index contributed by atoms with van der Waals surface area (Å²) in [5.41, 5.74) is 0. The Morgan fingerprint density at radius 2 is 1.19 bits per heavy atom. The third-order valence-electron chi connectivity index (χ3n) is 5.57. The second-order valence-corrected chi connectivity index (χ2v) is 8.82. The van der Waals surface area contributed by atoms with Gasteiger partial charge in [-0.3, -0.25) is 9.59 Å². The van der Waals surface area contributed by atoms with Crippen molar-refractivity contribution in [3.8, 4) is 0 Å².